The normalized spacial score (nSPS) is 28.2. The van der Waals surface area contributed by atoms with Crippen LogP contribution in [0.15, 0.2) is 0 Å². The molecule has 4 nitrogen and oxygen atoms in total. The van der Waals surface area contributed by atoms with E-state index in [0.29, 0.717) is 6.42 Å². The summed E-state index contributed by atoms with van der Waals surface area (Å²) in [5.74, 6) is 0.197. The highest BCUT2D eigenvalue weighted by molar-refractivity contribution is 7.91. The summed E-state index contributed by atoms with van der Waals surface area (Å²) in [7, 11) is -2.90. The van der Waals surface area contributed by atoms with Gasteiger partial charge in [-0.15, -0.1) is 0 Å². The van der Waals surface area contributed by atoms with E-state index in [0.717, 1.165) is 0 Å². The summed E-state index contributed by atoms with van der Waals surface area (Å²) >= 11 is 4.25. The van der Waals surface area contributed by atoms with E-state index in [4.69, 9.17) is 0 Å². The first-order valence-corrected chi connectivity index (χ1v) is 5.40. The summed E-state index contributed by atoms with van der Waals surface area (Å²) < 4.78 is 21.7. The fraction of sp³-hybridized carbons (Fsp3) is 0.800. The van der Waals surface area contributed by atoms with Crippen molar-refractivity contribution >= 4 is 27.7 Å². The minimum absolute atomic E-state index is 0.0371. The van der Waals surface area contributed by atoms with Crippen LogP contribution >= 0.6 is 0 Å². The predicted molar refractivity (Wildman–Crippen MR) is 43.0 cm³/mol. The number of amides is 1. The van der Waals surface area contributed by atoms with E-state index >= 15 is 0 Å². The van der Waals surface area contributed by atoms with Crippen LogP contribution in [0, 0.1) is 0 Å². The zero-order valence-electron chi connectivity index (χ0n) is 5.74. The third-order valence-electron chi connectivity index (χ3n) is 1.55. The van der Waals surface area contributed by atoms with E-state index < -0.39 is 15.1 Å². The van der Waals surface area contributed by atoms with E-state index in [2.05, 4.69) is 17.9 Å². The largest absolute Gasteiger partial charge is 0.719 e. The molecule has 11 heavy (non-hydrogen) atoms. The molecule has 1 fully saturated rings. The van der Waals surface area contributed by atoms with Gasteiger partial charge in [0.05, 0.1) is 16.7 Å². The second-order valence-corrected chi connectivity index (χ2v) is 5.13. The second-order valence-electron chi connectivity index (χ2n) is 2.53. The molecule has 0 unspecified atom stereocenters. The van der Waals surface area contributed by atoms with Crippen molar-refractivity contribution in [3.8, 4) is 0 Å². The van der Waals surface area contributed by atoms with Crippen molar-refractivity contribution in [3.05, 3.63) is 0 Å². The molecule has 0 aliphatic carbocycles. The van der Waals surface area contributed by atoms with Crippen LogP contribution in [0.3, 0.4) is 0 Å². The SMILES string of the molecule is O=C([S-])N[C@H]1CCS(=O)(=O)C1. The number of sulfone groups is 1. The summed E-state index contributed by atoms with van der Waals surface area (Å²) in [6, 6.07) is -0.259. The molecule has 1 amide bonds. The van der Waals surface area contributed by atoms with Crippen LogP contribution in [-0.2, 0) is 22.5 Å². The lowest BCUT2D eigenvalue weighted by Gasteiger charge is -2.12. The van der Waals surface area contributed by atoms with Gasteiger partial charge in [0.2, 0.25) is 0 Å². The molecular weight excluding hydrogens is 186 g/mol. The maximum Gasteiger partial charge on any atom is 0.152 e. The molecule has 0 aromatic heterocycles. The van der Waals surface area contributed by atoms with Crippen LogP contribution < -0.4 is 5.32 Å². The second kappa shape index (κ2) is 2.94. The lowest BCUT2D eigenvalue weighted by atomic mass is 10.3. The summed E-state index contributed by atoms with van der Waals surface area (Å²) in [6.45, 7) is 0. The standard InChI is InChI=1S/C5H9NO3S2/c7-5(10)6-4-1-2-11(8,9)3-4/h4H,1-3H2,(H2,6,7,10)/p-1/t4-/m0/s1. The third kappa shape index (κ3) is 2.63. The Balaban J connectivity index is 2.49. The molecule has 1 atom stereocenters. The van der Waals surface area contributed by atoms with Crippen LogP contribution in [-0.4, -0.2) is 31.2 Å². The number of carbonyl (C=O) groups excluding carboxylic acids is 1. The zero-order valence-corrected chi connectivity index (χ0v) is 7.37. The molecule has 0 radical (unpaired) electrons. The summed E-state index contributed by atoms with van der Waals surface area (Å²) in [4.78, 5) is 10.3. The van der Waals surface area contributed by atoms with Gasteiger partial charge < -0.3 is 22.7 Å². The minimum atomic E-state index is -2.90. The average Bonchev–Trinajstić information content (AvgIpc) is 2.08. The van der Waals surface area contributed by atoms with Crippen LogP contribution in [0.2, 0.25) is 0 Å². The van der Waals surface area contributed by atoms with Crippen molar-refractivity contribution in [2.24, 2.45) is 0 Å². The first-order chi connectivity index (χ1) is 4.99. The van der Waals surface area contributed by atoms with E-state index in [1.165, 1.54) is 0 Å². The van der Waals surface area contributed by atoms with Gasteiger partial charge in [-0.3, -0.25) is 0 Å². The van der Waals surface area contributed by atoms with Crippen molar-refractivity contribution in [2.75, 3.05) is 11.5 Å². The maximum absolute atomic E-state index is 10.8. The van der Waals surface area contributed by atoms with Gasteiger partial charge in [-0.1, -0.05) is 0 Å². The topological polar surface area (TPSA) is 63.2 Å². The van der Waals surface area contributed by atoms with Crippen LogP contribution in [0.25, 0.3) is 0 Å². The summed E-state index contributed by atoms with van der Waals surface area (Å²) in [5, 5.41) is 1.82. The van der Waals surface area contributed by atoms with Gasteiger partial charge in [0, 0.05) is 6.04 Å². The highest BCUT2D eigenvalue weighted by atomic mass is 32.2. The molecule has 6 heteroatoms. The molecule has 0 spiro atoms. The van der Waals surface area contributed by atoms with Gasteiger partial charge in [0.1, 0.15) is 0 Å². The number of hydrogen-bond acceptors (Lipinski definition) is 4. The quantitative estimate of drug-likeness (QED) is 0.568. The van der Waals surface area contributed by atoms with Gasteiger partial charge in [-0.2, -0.15) is 0 Å². The smallest absolute Gasteiger partial charge is 0.152 e. The highest BCUT2D eigenvalue weighted by Crippen LogP contribution is 2.10. The van der Waals surface area contributed by atoms with Crippen LogP contribution in [0.1, 0.15) is 6.42 Å². The average molecular weight is 194 g/mol. The fourth-order valence-corrected chi connectivity index (χ4v) is 2.92. The molecule has 1 saturated heterocycles. The van der Waals surface area contributed by atoms with Crippen molar-refractivity contribution < 1.29 is 13.2 Å². The highest BCUT2D eigenvalue weighted by Gasteiger charge is 2.27. The minimum Gasteiger partial charge on any atom is -0.719 e. The van der Waals surface area contributed by atoms with Crippen molar-refractivity contribution in [1.29, 1.82) is 0 Å². The molecule has 1 N–H and O–H groups in total. The summed E-state index contributed by atoms with van der Waals surface area (Å²) in [5.41, 5.74) is 0. The van der Waals surface area contributed by atoms with E-state index in [9.17, 15) is 13.2 Å². The number of nitrogens with one attached hydrogen (secondary N) is 1. The molecule has 0 aromatic rings. The summed E-state index contributed by atoms with van der Waals surface area (Å²) in [6.07, 6.45) is 0.491. The van der Waals surface area contributed by atoms with Gasteiger partial charge in [-0.05, 0) is 6.42 Å². The first-order valence-electron chi connectivity index (χ1n) is 3.17. The first kappa shape index (κ1) is 8.73. The number of hydrogen-bond donors (Lipinski definition) is 1. The van der Waals surface area contributed by atoms with E-state index in [1.54, 1.807) is 0 Å². The van der Waals surface area contributed by atoms with E-state index in [1.807, 2.05) is 0 Å². The third-order valence-corrected chi connectivity index (χ3v) is 3.44. The van der Waals surface area contributed by atoms with Gasteiger partial charge >= 0.3 is 0 Å². The number of rotatable bonds is 1. The Morgan fingerprint density at radius 3 is 2.55 bits per heavy atom. The Hall–Kier alpha value is -0.360. The maximum atomic E-state index is 10.8. The molecule has 64 valence electrons. The van der Waals surface area contributed by atoms with Gasteiger partial charge in [0.25, 0.3) is 0 Å². The molecule has 0 aromatic carbocycles. The monoisotopic (exact) mass is 194 g/mol. The molecule has 1 rings (SSSR count). The number of carbonyl (C=O) groups is 1. The van der Waals surface area contributed by atoms with Crippen molar-refractivity contribution in [1.82, 2.24) is 5.32 Å². The molecule has 0 bridgehead atoms. The molecular formula is C5H8NO3S2-. The fourth-order valence-electron chi connectivity index (χ4n) is 1.08. The predicted octanol–water partition coefficient (Wildman–Crippen LogP) is -0.570. The van der Waals surface area contributed by atoms with Crippen LogP contribution in [0.5, 0.6) is 0 Å². The Morgan fingerprint density at radius 2 is 2.18 bits per heavy atom. The zero-order chi connectivity index (χ0) is 8.48. The Kier molecular flexibility index (Phi) is 2.34. The molecule has 1 heterocycles. The molecule has 0 saturated carbocycles. The van der Waals surface area contributed by atoms with E-state index in [-0.39, 0.29) is 17.5 Å². The van der Waals surface area contributed by atoms with Crippen molar-refractivity contribution in [2.45, 2.75) is 12.5 Å². The Bertz CT molecular complexity index is 259. The lowest BCUT2D eigenvalue weighted by Crippen LogP contribution is -2.33. The van der Waals surface area contributed by atoms with Gasteiger partial charge in [0.15, 0.2) is 9.84 Å². The van der Waals surface area contributed by atoms with Gasteiger partial charge in [-0.25, -0.2) is 8.42 Å². The Morgan fingerprint density at radius 1 is 1.55 bits per heavy atom. The van der Waals surface area contributed by atoms with Crippen molar-refractivity contribution in [3.63, 3.8) is 0 Å². The molecule has 1 aliphatic rings. The van der Waals surface area contributed by atoms with Crippen LogP contribution in [0.4, 0.5) is 4.79 Å². The lowest BCUT2D eigenvalue weighted by molar-refractivity contribution is 0.258. The Labute approximate surface area is 70.7 Å². The molecule has 1 aliphatic heterocycles.